The van der Waals surface area contributed by atoms with Crippen LogP contribution in [0.25, 0.3) is 0 Å². The zero-order chi connectivity index (χ0) is 12.2. The molecule has 1 saturated heterocycles. The molecule has 1 aliphatic heterocycles. The van der Waals surface area contributed by atoms with Crippen LogP contribution in [0.2, 0.25) is 0 Å². The van der Waals surface area contributed by atoms with Crippen LogP contribution >= 0.6 is 0 Å². The van der Waals surface area contributed by atoms with E-state index in [1.54, 1.807) is 6.92 Å². The first-order valence-electron chi connectivity index (χ1n) is 5.21. The molecule has 7 nitrogen and oxygen atoms in total. The third-order valence-corrected chi connectivity index (χ3v) is 3.99. The Morgan fingerprint density at radius 2 is 2.25 bits per heavy atom. The average molecular weight is 250 g/mol. The van der Waals surface area contributed by atoms with Gasteiger partial charge in [-0.2, -0.15) is 12.7 Å². The molecule has 0 aromatic rings. The van der Waals surface area contributed by atoms with Gasteiger partial charge in [0.2, 0.25) is 5.91 Å². The third-order valence-electron chi connectivity index (χ3n) is 2.41. The molecule has 0 bridgehead atoms. The number of piperazine rings is 1. The predicted octanol–water partition coefficient (Wildman–Crippen LogP) is -2.14. The molecular formula is C8H18N4O3S. The Morgan fingerprint density at radius 1 is 1.56 bits per heavy atom. The average Bonchev–Trinajstić information content (AvgIpc) is 2.29. The Balaban J connectivity index is 2.83. The monoisotopic (exact) mass is 250 g/mol. The molecule has 0 radical (unpaired) electrons. The highest BCUT2D eigenvalue weighted by molar-refractivity contribution is 7.87. The van der Waals surface area contributed by atoms with E-state index in [9.17, 15) is 13.2 Å². The van der Waals surface area contributed by atoms with Crippen LogP contribution in [0.1, 0.15) is 6.92 Å². The molecule has 1 fully saturated rings. The Bertz CT molecular complexity index is 343. The summed E-state index contributed by atoms with van der Waals surface area (Å²) in [7, 11) is -2.21. The second-order valence-electron chi connectivity index (χ2n) is 3.43. The standard InChI is InChI=1S/C8H18N4O3S/c1-3-11-8(13)7-6-10-4-5-12(7)16(14,15)9-2/h7,9-10H,3-6H2,1-2H3,(H,11,13). The Labute approximate surface area is 95.8 Å². The molecule has 0 saturated carbocycles. The van der Waals surface area contributed by atoms with Crippen molar-refractivity contribution in [1.29, 1.82) is 0 Å². The minimum absolute atomic E-state index is 0.270. The summed E-state index contributed by atoms with van der Waals surface area (Å²) < 4.78 is 26.8. The zero-order valence-corrected chi connectivity index (χ0v) is 10.3. The molecule has 1 amide bonds. The lowest BCUT2D eigenvalue weighted by atomic mass is 10.2. The number of hydrogen-bond acceptors (Lipinski definition) is 4. The van der Waals surface area contributed by atoms with E-state index in [1.807, 2.05) is 0 Å². The summed E-state index contributed by atoms with van der Waals surface area (Å²) in [6.07, 6.45) is 0. The van der Waals surface area contributed by atoms with Crippen molar-refractivity contribution in [1.82, 2.24) is 19.7 Å². The smallest absolute Gasteiger partial charge is 0.280 e. The van der Waals surface area contributed by atoms with Crippen molar-refractivity contribution < 1.29 is 13.2 Å². The van der Waals surface area contributed by atoms with E-state index in [0.29, 0.717) is 26.2 Å². The number of rotatable bonds is 4. The summed E-state index contributed by atoms with van der Waals surface area (Å²) in [5.74, 6) is -0.270. The van der Waals surface area contributed by atoms with E-state index in [2.05, 4.69) is 15.4 Å². The molecule has 94 valence electrons. The van der Waals surface area contributed by atoms with E-state index in [-0.39, 0.29) is 5.91 Å². The van der Waals surface area contributed by atoms with Crippen LogP contribution in [-0.4, -0.2) is 57.9 Å². The van der Waals surface area contributed by atoms with Crippen molar-refractivity contribution in [2.45, 2.75) is 13.0 Å². The van der Waals surface area contributed by atoms with Crippen molar-refractivity contribution in [2.75, 3.05) is 33.2 Å². The minimum atomic E-state index is -3.55. The second kappa shape index (κ2) is 5.58. The molecule has 1 atom stereocenters. The van der Waals surface area contributed by atoms with Gasteiger partial charge in [-0.15, -0.1) is 0 Å². The van der Waals surface area contributed by atoms with Crippen molar-refractivity contribution >= 4 is 16.1 Å². The summed E-state index contributed by atoms with van der Waals surface area (Å²) in [5, 5.41) is 5.63. The number of carbonyl (C=O) groups is 1. The first-order chi connectivity index (χ1) is 7.53. The maximum atomic E-state index is 11.7. The Hall–Kier alpha value is -0.700. The highest BCUT2D eigenvalue weighted by Crippen LogP contribution is 2.08. The van der Waals surface area contributed by atoms with E-state index >= 15 is 0 Å². The van der Waals surface area contributed by atoms with Crippen molar-refractivity contribution in [3.05, 3.63) is 0 Å². The van der Waals surface area contributed by atoms with E-state index in [0.717, 1.165) is 0 Å². The molecule has 0 aromatic carbocycles. The predicted molar refractivity (Wildman–Crippen MR) is 60.0 cm³/mol. The van der Waals surface area contributed by atoms with Crippen molar-refractivity contribution in [2.24, 2.45) is 0 Å². The SMILES string of the molecule is CCNC(=O)C1CNCCN1S(=O)(=O)NC. The number of hydrogen-bond donors (Lipinski definition) is 3. The van der Waals surface area contributed by atoms with Crippen LogP contribution in [0.3, 0.4) is 0 Å². The largest absolute Gasteiger partial charge is 0.355 e. The van der Waals surface area contributed by atoms with Crippen LogP contribution < -0.4 is 15.4 Å². The third kappa shape index (κ3) is 2.91. The van der Waals surface area contributed by atoms with E-state index < -0.39 is 16.3 Å². The molecule has 0 aliphatic carbocycles. The first-order valence-corrected chi connectivity index (χ1v) is 6.65. The van der Waals surface area contributed by atoms with Crippen LogP contribution in [0, 0.1) is 0 Å². The Morgan fingerprint density at radius 3 is 2.81 bits per heavy atom. The van der Waals surface area contributed by atoms with E-state index in [4.69, 9.17) is 0 Å². The number of likely N-dealkylation sites (N-methyl/N-ethyl adjacent to an activating group) is 1. The van der Waals surface area contributed by atoms with Gasteiger partial charge in [0, 0.05) is 33.2 Å². The van der Waals surface area contributed by atoms with Gasteiger partial charge in [0.05, 0.1) is 0 Å². The second-order valence-corrected chi connectivity index (χ2v) is 5.26. The van der Waals surface area contributed by atoms with Crippen molar-refractivity contribution in [3.8, 4) is 0 Å². The van der Waals surface area contributed by atoms with Gasteiger partial charge in [-0.25, -0.2) is 4.72 Å². The quantitative estimate of drug-likeness (QED) is 0.531. The number of carbonyl (C=O) groups excluding carboxylic acids is 1. The molecule has 3 N–H and O–H groups in total. The van der Waals surface area contributed by atoms with Crippen LogP contribution in [0.5, 0.6) is 0 Å². The van der Waals surface area contributed by atoms with E-state index in [1.165, 1.54) is 11.4 Å². The molecule has 1 unspecified atom stereocenters. The maximum absolute atomic E-state index is 11.7. The molecule has 1 aliphatic rings. The zero-order valence-electron chi connectivity index (χ0n) is 9.49. The van der Waals surface area contributed by atoms with Gasteiger partial charge in [-0.1, -0.05) is 0 Å². The maximum Gasteiger partial charge on any atom is 0.280 e. The lowest BCUT2D eigenvalue weighted by Crippen LogP contribution is -2.61. The minimum Gasteiger partial charge on any atom is -0.355 e. The summed E-state index contributed by atoms with van der Waals surface area (Å²) >= 11 is 0. The lowest BCUT2D eigenvalue weighted by Gasteiger charge is -2.33. The summed E-state index contributed by atoms with van der Waals surface area (Å²) in [4.78, 5) is 11.7. The van der Waals surface area contributed by atoms with Gasteiger partial charge >= 0.3 is 0 Å². The highest BCUT2D eigenvalue weighted by atomic mass is 32.2. The van der Waals surface area contributed by atoms with Gasteiger partial charge < -0.3 is 10.6 Å². The molecule has 1 heterocycles. The fourth-order valence-corrected chi connectivity index (χ4v) is 2.68. The van der Waals surface area contributed by atoms with Gasteiger partial charge in [0.15, 0.2) is 0 Å². The fourth-order valence-electron chi connectivity index (χ4n) is 1.61. The first kappa shape index (κ1) is 13.4. The molecule has 16 heavy (non-hydrogen) atoms. The van der Waals surface area contributed by atoms with Gasteiger partial charge in [0.25, 0.3) is 10.2 Å². The summed E-state index contributed by atoms with van der Waals surface area (Å²) in [6.45, 7) is 3.47. The normalized spacial score (nSPS) is 23.0. The number of nitrogens with zero attached hydrogens (tertiary/aromatic N) is 1. The van der Waals surface area contributed by atoms with Crippen LogP contribution in [0.4, 0.5) is 0 Å². The summed E-state index contributed by atoms with van der Waals surface area (Å²) in [6, 6.07) is -0.675. The highest BCUT2D eigenvalue weighted by Gasteiger charge is 2.35. The lowest BCUT2D eigenvalue weighted by molar-refractivity contribution is -0.125. The molecule has 8 heteroatoms. The number of amides is 1. The Kier molecular flexibility index (Phi) is 4.66. The number of nitrogens with one attached hydrogen (secondary N) is 3. The van der Waals surface area contributed by atoms with Crippen LogP contribution in [-0.2, 0) is 15.0 Å². The van der Waals surface area contributed by atoms with Gasteiger partial charge in [0.1, 0.15) is 6.04 Å². The molecular weight excluding hydrogens is 232 g/mol. The van der Waals surface area contributed by atoms with Crippen molar-refractivity contribution in [3.63, 3.8) is 0 Å². The van der Waals surface area contributed by atoms with Crippen LogP contribution in [0.15, 0.2) is 0 Å². The topological polar surface area (TPSA) is 90.5 Å². The fraction of sp³-hybridized carbons (Fsp3) is 0.875. The van der Waals surface area contributed by atoms with Gasteiger partial charge in [-0.3, -0.25) is 4.79 Å². The van der Waals surface area contributed by atoms with Gasteiger partial charge in [-0.05, 0) is 6.92 Å². The molecule has 0 aromatic heterocycles. The molecule has 0 spiro atoms. The molecule has 1 rings (SSSR count). The summed E-state index contributed by atoms with van der Waals surface area (Å²) in [5.41, 5.74) is 0.